The summed E-state index contributed by atoms with van der Waals surface area (Å²) in [6, 6.07) is 2.54. The number of aromatic amines is 1. The van der Waals surface area contributed by atoms with Gasteiger partial charge in [0.15, 0.2) is 5.16 Å². The molecule has 0 aliphatic carbocycles. The number of nitrogens with zero attached hydrogens (tertiary/aromatic N) is 1. The van der Waals surface area contributed by atoms with Crippen LogP contribution in [0.5, 0.6) is 0 Å². The van der Waals surface area contributed by atoms with E-state index < -0.39 is 34.9 Å². The molecule has 0 saturated carbocycles. The molecule has 1 aliphatic rings. The molecule has 3 N–H and O–H groups in total. The van der Waals surface area contributed by atoms with Gasteiger partial charge in [-0.05, 0) is 17.9 Å². The second-order valence-corrected chi connectivity index (χ2v) is 6.77. The highest BCUT2D eigenvalue weighted by molar-refractivity contribution is 7.99. The number of fused-ring (bicyclic) bond motifs is 1. The number of rotatable bonds is 4. The number of carbonyl (C=O) groups is 2. The van der Waals surface area contributed by atoms with E-state index in [1.54, 1.807) is 0 Å². The third-order valence-electron chi connectivity index (χ3n) is 3.66. The third-order valence-corrected chi connectivity index (χ3v) is 4.41. The van der Waals surface area contributed by atoms with Gasteiger partial charge in [-0.2, -0.15) is 0 Å². The second kappa shape index (κ2) is 7.24. The van der Waals surface area contributed by atoms with Gasteiger partial charge in [0.05, 0.1) is 11.5 Å². The van der Waals surface area contributed by atoms with Crippen LogP contribution < -0.4 is 16.2 Å². The number of thioether (sulfide) groups is 1. The lowest BCUT2D eigenvalue weighted by atomic mass is 9.92. The van der Waals surface area contributed by atoms with E-state index in [2.05, 4.69) is 20.6 Å². The van der Waals surface area contributed by atoms with Gasteiger partial charge in [-0.15, -0.1) is 0 Å². The summed E-state index contributed by atoms with van der Waals surface area (Å²) in [7, 11) is 0. The fourth-order valence-electron chi connectivity index (χ4n) is 2.64. The van der Waals surface area contributed by atoms with E-state index in [9.17, 15) is 23.2 Å². The van der Waals surface area contributed by atoms with Gasteiger partial charge in [-0.25, -0.2) is 13.8 Å². The summed E-state index contributed by atoms with van der Waals surface area (Å²) >= 11 is 1.28. The number of anilines is 2. The van der Waals surface area contributed by atoms with Crippen LogP contribution in [-0.2, 0) is 9.59 Å². The zero-order chi connectivity index (χ0) is 18.8. The smallest absolute Gasteiger partial charge is 0.257 e. The van der Waals surface area contributed by atoms with Gasteiger partial charge in [0.25, 0.3) is 5.56 Å². The molecule has 2 amide bonds. The molecular weight excluding hydrogens is 366 g/mol. The molecule has 1 atom stereocenters. The molecule has 7 nitrogen and oxygen atoms in total. The Morgan fingerprint density at radius 3 is 2.65 bits per heavy atom. The van der Waals surface area contributed by atoms with Gasteiger partial charge in [-0.1, -0.05) is 18.7 Å². The van der Waals surface area contributed by atoms with Crippen molar-refractivity contribution in [2.45, 2.75) is 24.4 Å². The van der Waals surface area contributed by atoms with E-state index in [-0.39, 0.29) is 23.5 Å². The molecule has 1 aliphatic heterocycles. The predicted molar refractivity (Wildman–Crippen MR) is 92.2 cm³/mol. The maximum Gasteiger partial charge on any atom is 0.257 e. The van der Waals surface area contributed by atoms with Crippen LogP contribution in [0.1, 0.15) is 24.8 Å². The van der Waals surface area contributed by atoms with Gasteiger partial charge in [-0.3, -0.25) is 14.4 Å². The van der Waals surface area contributed by atoms with Crippen molar-refractivity contribution >= 4 is 35.1 Å². The van der Waals surface area contributed by atoms with Crippen LogP contribution in [0.2, 0.25) is 0 Å². The number of benzene rings is 1. The highest BCUT2D eigenvalue weighted by Crippen LogP contribution is 2.30. The molecule has 136 valence electrons. The zero-order valence-corrected chi connectivity index (χ0v) is 14.4. The normalized spacial score (nSPS) is 16.0. The van der Waals surface area contributed by atoms with E-state index in [1.807, 2.05) is 6.92 Å². The van der Waals surface area contributed by atoms with E-state index in [1.165, 1.54) is 11.8 Å². The monoisotopic (exact) mass is 380 g/mol. The van der Waals surface area contributed by atoms with Crippen molar-refractivity contribution in [1.29, 1.82) is 0 Å². The molecule has 10 heteroatoms. The summed E-state index contributed by atoms with van der Waals surface area (Å²) < 4.78 is 26.6. The number of hydrogen-bond acceptors (Lipinski definition) is 5. The maximum atomic E-state index is 13.3. The number of hydrogen-bond donors (Lipinski definition) is 3. The van der Waals surface area contributed by atoms with Crippen LogP contribution in [-0.4, -0.2) is 27.5 Å². The van der Waals surface area contributed by atoms with Crippen LogP contribution in [0.15, 0.2) is 28.2 Å². The Labute approximate surface area is 150 Å². The average Bonchev–Trinajstić information content (AvgIpc) is 2.52. The number of aromatic nitrogens is 2. The molecule has 0 bridgehead atoms. The lowest BCUT2D eigenvalue weighted by Gasteiger charge is -2.23. The highest BCUT2D eigenvalue weighted by atomic mass is 32.2. The molecule has 0 fully saturated rings. The van der Waals surface area contributed by atoms with Gasteiger partial charge < -0.3 is 15.6 Å². The predicted octanol–water partition coefficient (Wildman–Crippen LogP) is 2.22. The Morgan fingerprint density at radius 2 is 2.00 bits per heavy atom. The summed E-state index contributed by atoms with van der Waals surface area (Å²) in [6.07, 6.45) is -0.276. The van der Waals surface area contributed by atoms with Gasteiger partial charge in [0.2, 0.25) is 11.8 Å². The minimum absolute atomic E-state index is 0.0134. The topological polar surface area (TPSA) is 104 Å². The Bertz CT molecular complexity index is 927. The molecule has 26 heavy (non-hydrogen) atoms. The largest absolute Gasteiger partial charge is 0.325 e. The fourth-order valence-corrected chi connectivity index (χ4v) is 3.23. The van der Waals surface area contributed by atoms with Gasteiger partial charge >= 0.3 is 0 Å². The molecule has 3 rings (SSSR count). The minimum Gasteiger partial charge on any atom is -0.325 e. The summed E-state index contributed by atoms with van der Waals surface area (Å²) in [5.41, 5.74) is -0.640. The number of halogens is 2. The number of amides is 2. The third kappa shape index (κ3) is 3.74. The van der Waals surface area contributed by atoms with Crippen LogP contribution >= 0.6 is 11.8 Å². The quantitative estimate of drug-likeness (QED) is 0.557. The first-order chi connectivity index (χ1) is 12.4. The Morgan fingerprint density at radius 1 is 1.31 bits per heavy atom. The van der Waals surface area contributed by atoms with E-state index in [0.29, 0.717) is 17.0 Å². The number of H-pyrrole nitrogens is 1. The Kier molecular flexibility index (Phi) is 5.03. The first-order valence-corrected chi connectivity index (χ1v) is 8.69. The molecular formula is C16H14F2N4O3S. The average molecular weight is 380 g/mol. The van der Waals surface area contributed by atoms with Crippen LogP contribution in [0.4, 0.5) is 20.3 Å². The molecule has 0 radical (unpaired) electrons. The number of nitrogens with one attached hydrogen (secondary N) is 3. The molecule has 0 unspecified atom stereocenters. The molecule has 0 spiro atoms. The Balaban J connectivity index is 1.95. The van der Waals surface area contributed by atoms with Crippen LogP contribution in [0, 0.1) is 11.6 Å². The van der Waals surface area contributed by atoms with Crippen LogP contribution in [0.25, 0.3) is 0 Å². The lowest BCUT2D eigenvalue weighted by molar-refractivity contribution is -0.123. The van der Waals surface area contributed by atoms with Crippen LogP contribution in [0.3, 0.4) is 0 Å². The van der Waals surface area contributed by atoms with Crippen molar-refractivity contribution < 1.29 is 18.4 Å². The molecule has 1 aromatic carbocycles. The first kappa shape index (κ1) is 18.1. The maximum absolute atomic E-state index is 13.3. The fraction of sp³-hybridized carbons (Fsp3) is 0.250. The summed E-state index contributed by atoms with van der Waals surface area (Å²) in [6.45, 7) is 1.87. The van der Waals surface area contributed by atoms with Crippen molar-refractivity contribution in [3.8, 4) is 0 Å². The van der Waals surface area contributed by atoms with Crippen molar-refractivity contribution in [2.75, 3.05) is 16.4 Å². The molecule has 2 aromatic rings. The van der Waals surface area contributed by atoms with E-state index in [4.69, 9.17) is 0 Å². The van der Waals surface area contributed by atoms with Crippen molar-refractivity contribution in [3.05, 3.63) is 45.8 Å². The lowest BCUT2D eigenvalue weighted by Crippen LogP contribution is -2.36. The van der Waals surface area contributed by atoms with E-state index >= 15 is 0 Å². The zero-order valence-electron chi connectivity index (χ0n) is 13.6. The minimum atomic E-state index is -1.12. The summed E-state index contributed by atoms with van der Waals surface area (Å²) in [4.78, 5) is 43.6. The molecule has 1 aromatic heterocycles. The highest BCUT2D eigenvalue weighted by Gasteiger charge is 2.34. The number of carbonyl (C=O) groups excluding carboxylic acids is 2. The van der Waals surface area contributed by atoms with Gasteiger partial charge in [0.1, 0.15) is 17.5 Å². The van der Waals surface area contributed by atoms with Crippen molar-refractivity contribution in [2.24, 2.45) is 0 Å². The molecule has 0 saturated heterocycles. The Hall–Kier alpha value is -2.75. The van der Waals surface area contributed by atoms with Crippen molar-refractivity contribution in [3.63, 3.8) is 0 Å². The molecule has 2 heterocycles. The van der Waals surface area contributed by atoms with E-state index in [0.717, 1.165) is 12.1 Å². The summed E-state index contributed by atoms with van der Waals surface area (Å²) in [5, 5.41) is 5.14. The van der Waals surface area contributed by atoms with Gasteiger partial charge in [0, 0.05) is 18.2 Å². The summed E-state index contributed by atoms with van der Waals surface area (Å²) in [5.74, 6) is -3.37. The first-order valence-electron chi connectivity index (χ1n) is 7.71. The second-order valence-electron chi connectivity index (χ2n) is 5.52. The SMILES string of the molecule is CCSc1nc2c(c(=O)[nH]1)[C@@H](C(=O)Nc1cc(F)cc(F)c1)CC(=O)N2. The standard InChI is InChI=1S/C16H14F2N4O3S/c1-2-26-16-21-13-12(15(25)22-16)10(6-11(23)20-13)14(24)19-9-4-7(17)3-8(18)5-9/h3-5,10H,2,6H2,1H3,(H,19,24)(H2,20,21,22,23,25)/t10-/m0/s1. The van der Waals surface area contributed by atoms with Crippen molar-refractivity contribution in [1.82, 2.24) is 9.97 Å².